The molecule has 0 radical (unpaired) electrons. The topological polar surface area (TPSA) is 41.8 Å². The van der Waals surface area contributed by atoms with Crippen LogP contribution in [-0.4, -0.2) is 29.3 Å². The highest BCUT2D eigenvalue weighted by atomic mass is 16.5. The van der Waals surface area contributed by atoms with Crippen LogP contribution in [0.1, 0.15) is 33.6 Å². The number of nitrogens with zero attached hydrogens (tertiary/aromatic N) is 1. The molecule has 0 saturated carbocycles. The summed E-state index contributed by atoms with van der Waals surface area (Å²) in [6.45, 7) is 6.56. The molecule has 0 spiro atoms. The Morgan fingerprint density at radius 3 is 2.75 bits per heavy atom. The fourth-order valence-corrected chi connectivity index (χ4v) is 1.12. The van der Waals surface area contributed by atoms with E-state index in [4.69, 9.17) is 9.84 Å². The van der Waals surface area contributed by atoms with E-state index in [0.717, 1.165) is 25.3 Å². The maximum absolute atomic E-state index is 9.03. The van der Waals surface area contributed by atoms with Gasteiger partial charge in [0.25, 0.3) is 0 Å². The standard InChI is InChI=1S/C9H17NO2/c1-7(11)4-5-8-10-6-9(2,3)12-8/h7,11H,4-6H2,1-3H3. The first-order valence-corrected chi connectivity index (χ1v) is 4.40. The van der Waals surface area contributed by atoms with Gasteiger partial charge in [0.2, 0.25) is 0 Å². The predicted octanol–water partition coefficient (Wildman–Crippen LogP) is 1.35. The molecule has 1 aliphatic rings. The molecule has 1 unspecified atom stereocenters. The van der Waals surface area contributed by atoms with E-state index >= 15 is 0 Å². The minimum atomic E-state index is -0.264. The summed E-state index contributed by atoms with van der Waals surface area (Å²) in [7, 11) is 0. The van der Waals surface area contributed by atoms with E-state index in [0.29, 0.717) is 0 Å². The van der Waals surface area contributed by atoms with Crippen LogP contribution in [0.15, 0.2) is 4.99 Å². The maximum Gasteiger partial charge on any atom is 0.184 e. The summed E-state index contributed by atoms with van der Waals surface area (Å²) in [4.78, 5) is 4.24. The van der Waals surface area contributed by atoms with Gasteiger partial charge in [0.15, 0.2) is 5.90 Å². The number of hydrogen-bond donors (Lipinski definition) is 1. The van der Waals surface area contributed by atoms with Crippen molar-refractivity contribution in [2.75, 3.05) is 6.54 Å². The zero-order chi connectivity index (χ0) is 9.19. The summed E-state index contributed by atoms with van der Waals surface area (Å²) in [5.41, 5.74) is -0.131. The van der Waals surface area contributed by atoms with Crippen LogP contribution in [-0.2, 0) is 4.74 Å². The SMILES string of the molecule is CC(O)CCC1=NCC(C)(C)O1. The molecular formula is C9H17NO2. The van der Waals surface area contributed by atoms with Gasteiger partial charge in [0, 0.05) is 6.42 Å². The Kier molecular flexibility index (Phi) is 2.73. The molecule has 1 heterocycles. The molecular weight excluding hydrogens is 154 g/mol. The molecule has 0 aliphatic carbocycles. The van der Waals surface area contributed by atoms with Crippen molar-refractivity contribution in [3.63, 3.8) is 0 Å². The highest BCUT2D eigenvalue weighted by molar-refractivity contribution is 5.78. The lowest BCUT2D eigenvalue weighted by Crippen LogP contribution is -2.24. The first-order chi connectivity index (χ1) is 5.49. The van der Waals surface area contributed by atoms with E-state index in [2.05, 4.69) is 4.99 Å². The van der Waals surface area contributed by atoms with Crippen molar-refractivity contribution in [3.8, 4) is 0 Å². The van der Waals surface area contributed by atoms with Gasteiger partial charge in [-0.3, -0.25) is 4.99 Å². The number of rotatable bonds is 3. The lowest BCUT2D eigenvalue weighted by molar-refractivity contribution is 0.122. The van der Waals surface area contributed by atoms with Crippen molar-refractivity contribution in [1.29, 1.82) is 0 Å². The van der Waals surface area contributed by atoms with Crippen LogP contribution in [0.2, 0.25) is 0 Å². The van der Waals surface area contributed by atoms with Crippen LogP contribution in [0, 0.1) is 0 Å². The monoisotopic (exact) mass is 171 g/mol. The molecule has 70 valence electrons. The fraction of sp³-hybridized carbons (Fsp3) is 0.889. The number of aliphatic hydroxyl groups excluding tert-OH is 1. The van der Waals surface area contributed by atoms with Gasteiger partial charge < -0.3 is 9.84 Å². The first kappa shape index (κ1) is 9.52. The Morgan fingerprint density at radius 1 is 1.67 bits per heavy atom. The molecule has 0 amide bonds. The first-order valence-electron chi connectivity index (χ1n) is 4.40. The van der Waals surface area contributed by atoms with Gasteiger partial charge in [-0.2, -0.15) is 0 Å². The predicted molar refractivity (Wildman–Crippen MR) is 48.4 cm³/mol. The number of aliphatic imine (C=N–C) groups is 1. The van der Waals surface area contributed by atoms with Gasteiger partial charge in [-0.15, -0.1) is 0 Å². The van der Waals surface area contributed by atoms with Crippen LogP contribution in [0.3, 0.4) is 0 Å². The second-order valence-corrected chi connectivity index (χ2v) is 3.96. The third-order valence-corrected chi connectivity index (χ3v) is 1.81. The highest BCUT2D eigenvalue weighted by Gasteiger charge is 2.26. The lowest BCUT2D eigenvalue weighted by Gasteiger charge is -2.17. The summed E-state index contributed by atoms with van der Waals surface area (Å²) < 4.78 is 5.54. The largest absolute Gasteiger partial charge is 0.473 e. The van der Waals surface area contributed by atoms with Crippen molar-refractivity contribution in [1.82, 2.24) is 0 Å². The molecule has 0 saturated heterocycles. The Bertz CT molecular complexity index is 185. The van der Waals surface area contributed by atoms with Crippen LogP contribution in [0.25, 0.3) is 0 Å². The van der Waals surface area contributed by atoms with Crippen molar-refractivity contribution in [2.24, 2.45) is 4.99 Å². The summed E-state index contributed by atoms with van der Waals surface area (Å²) in [6.07, 6.45) is 1.22. The molecule has 0 bridgehead atoms. The zero-order valence-corrected chi connectivity index (χ0v) is 8.00. The molecule has 0 aromatic carbocycles. The Balaban J connectivity index is 2.28. The third-order valence-electron chi connectivity index (χ3n) is 1.81. The molecule has 0 aromatic rings. The number of ether oxygens (including phenoxy) is 1. The second-order valence-electron chi connectivity index (χ2n) is 3.96. The minimum absolute atomic E-state index is 0.131. The normalized spacial score (nSPS) is 23.2. The quantitative estimate of drug-likeness (QED) is 0.696. The number of hydrogen-bond acceptors (Lipinski definition) is 3. The Hall–Kier alpha value is -0.570. The van der Waals surface area contributed by atoms with Crippen molar-refractivity contribution in [3.05, 3.63) is 0 Å². The summed E-state index contributed by atoms with van der Waals surface area (Å²) in [5, 5.41) is 9.03. The van der Waals surface area contributed by atoms with E-state index in [1.165, 1.54) is 0 Å². The lowest BCUT2D eigenvalue weighted by atomic mass is 10.1. The van der Waals surface area contributed by atoms with Gasteiger partial charge in [-0.05, 0) is 27.2 Å². The van der Waals surface area contributed by atoms with Crippen LogP contribution >= 0.6 is 0 Å². The van der Waals surface area contributed by atoms with Crippen molar-refractivity contribution >= 4 is 5.90 Å². The average molecular weight is 171 g/mol. The van der Waals surface area contributed by atoms with E-state index in [-0.39, 0.29) is 11.7 Å². The molecule has 12 heavy (non-hydrogen) atoms. The van der Waals surface area contributed by atoms with Crippen molar-refractivity contribution in [2.45, 2.75) is 45.3 Å². The molecule has 1 rings (SSSR count). The Morgan fingerprint density at radius 2 is 2.33 bits per heavy atom. The van der Waals surface area contributed by atoms with E-state index < -0.39 is 0 Å². The van der Waals surface area contributed by atoms with Gasteiger partial charge in [-0.25, -0.2) is 0 Å². The molecule has 0 fully saturated rings. The summed E-state index contributed by atoms with van der Waals surface area (Å²) >= 11 is 0. The van der Waals surface area contributed by atoms with E-state index in [1.54, 1.807) is 6.92 Å². The molecule has 1 atom stereocenters. The zero-order valence-electron chi connectivity index (χ0n) is 8.00. The maximum atomic E-state index is 9.03. The molecule has 1 aliphatic heterocycles. The van der Waals surface area contributed by atoms with Gasteiger partial charge in [0.05, 0.1) is 12.6 Å². The Labute approximate surface area is 73.5 Å². The van der Waals surface area contributed by atoms with Gasteiger partial charge in [-0.1, -0.05) is 0 Å². The molecule has 0 aromatic heterocycles. The van der Waals surface area contributed by atoms with Crippen LogP contribution < -0.4 is 0 Å². The van der Waals surface area contributed by atoms with Crippen LogP contribution in [0.4, 0.5) is 0 Å². The molecule has 3 nitrogen and oxygen atoms in total. The summed E-state index contributed by atoms with van der Waals surface area (Å²) in [6, 6.07) is 0. The number of aliphatic hydroxyl groups is 1. The van der Waals surface area contributed by atoms with Crippen LogP contribution in [0.5, 0.6) is 0 Å². The fourth-order valence-electron chi connectivity index (χ4n) is 1.12. The van der Waals surface area contributed by atoms with Gasteiger partial charge >= 0.3 is 0 Å². The second kappa shape index (κ2) is 3.44. The van der Waals surface area contributed by atoms with Crippen molar-refractivity contribution < 1.29 is 9.84 Å². The smallest absolute Gasteiger partial charge is 0.184 e. The molecule has 3 heteroatoms. The minimum Gasteiger partial charge on any atom is -0.473 e. The highest BCUT2D eigenvalue weighted by Crippen LogP contribution is 2.19. The average Bonchev–Trinajstić information content (AvgIpc) is 2.26. The van der Waals surface area contributed by atoms with E-state index in [9.17, 15) is 0 Å². The van der Waals surface area contributed by atoms with E-state index in [1.807, 2.05) is 13.8 Å². The molecule has 1 N–H and O–H groups in total. The third kappa shape index (κ3) is 2.81. The summed E-state index contributed by atoms with van der Waals surface area (Å²) in [5.74, 6) is 0.793. The van der Waals surface area contributed by atoms with Gasteiger partial charge in [0.1, 0.15) is 5.60 Å².